The number of carbonyl (C=O) groups excluding carboxylic acids is 1. The molecular formula is C16H21N3O2. The van der Waals surface area contributed by atoms with Gasteiger partial charge in [-0.1, -0.05) is 6.42 Å². The van der Waals surface area contributed by atoms with Crippen LogP contribution in [-0.2, 0) is 11.3 Å². The van der Waals surface area contributed by atoms with Crippen molar-refractivity contribution >= 4 is 5.91 Å². The predicted molar refractivity (Wildman–Crippen MR) is 77.9 cm³/mol. The molecule has 112 valence electrons. The monoisotopic (exact) mass is 287 g/mol. The number of ether oxygens (including phenoxy) is 1. The van der Waals surface area contributed by atoms with Gasteiger partial charge in [-0.05, 0) is 38.1 Å². The van der Waals surface area contributed by atoms with Gasteiger partial charge >= 0.3 is 0 Å². The van der Waals surface area contributed by atoms with Crippen LogP contribution in [0, 0.1) is 0 Å². The average Bonchev–Trinajstić information content (AvgIpc) is 3.13. The lowest BCUT2D eigenvalue weighted by atomic mass is 10.0. The first-order chi connectivity index (χ1) is 10.3. The van der Waals surface area contributed by atoms with Crippen LogP contribution in [0.3, 0.4) is 0 Å². The van der Waals surface area contributed by atoms with Gasteiger partial charge in [0.05, 0.1) is 43.1 Å². The lowest BCUT2D eigenvalue weighted by Crippen LogP contribution is -2.52. The number of nitrogens with zero attached hydrogens (tertiary/aromatic N) is 3. The maximum absolute atomic E-state index is 12.6. The van der Waals surface area contributed by atoms with Crippen LogP contribution in [0.2, 0.25) is 0 Å². The van der Waals surface area contributed by atoms with E-state index in [9.17, 15) is 4.79 Å². The average molecular weight is 287 g/mol. The summed E-state index contributed by atoms with van der Waals surface area (Å²) in [5.41, 5.74) is 1.67. The molecule has 0 unspecified atom stereocenters. The topological polar surface area (TPSA) is 45.7 Å². The first kappa shape index (κ1) is 13.2. The Labute approximate surface area is 124 Å². The molecule has 1 aromatic heterocycles. The van der Waals surface area contributed by atoms with E-state index >= 15 is 0 Å². The molecule has 5 nitrogen and oxygen atoms in total. The van der Waals surface area contributed by atoms with Crippen LogP contribution in [0.25, 0.3) is 0 Å². The maximum Gasteiger partial charge on any atom is 0.256 e. The highest BCUT2D eigenvalue weighted by Gasteiger charge is 2.42. The number of hydrogen-bond donors (Lipinski definition) is 0. The number of aromatic nitrogens is 1. The molecule has 0 saturated carbocycles. The van der Waals surface area contributed by atoms with Crippen LogP contribution in [-0.4, -0.2) is 59.1 Å². The van der Waals surface area contributed by atoms with Crippen molar-refractivity contribution in [3.63, 3.8) is 0 Å². The summed E-state index contributed by atoms with van der Waals surface area (Å²) >= 11 is 0. The second-order valence-corrected chi connectivity index (χ2v) is 6.20. The molecule has 3 aliphatic heterocycles. The maximum atomic E-state index is 12.6. The van der Waals surface area contributed by atoms with Crippen molar-refractivity contribution in [3.05, 3.63) is 29.6 Å². The van der Waals surface area contributed by atoms with Gasteiger partial charge in [-0.25, -0.2) is 0 Å². The Kier molecular flexibility index (Phi) is 3.39. The highest BCUT2D eigenvalue weighted by Crippen LogP contribution is 2.29. The van der Waals surface area contributed by atoms with Crippen LogP contribution in [0.1, 0.15) is 35.3 Å². The van der Waals surface area contributed by atoms with Gasteiger partial charge in [-0.15, -0.1) is 0 Å². The summed E-state index contributed by atoms with van der Waals surface area (Å²) in [5.74, 6) is 0.121. The summed E-state index contributed by atoms with van der Waals surface area (Å²) in [6, 6.07) is 4.25. The van der Waals surface area contributed by atoms with Gasteiger partial charge in [-0.3, -0.25) is 14.7 Å². The zero-order valence-electron chi connectivity index (χ0n) is 12.2. The molecule has 0 radical (unpaired) electrons. The molecule has 2 atom stereocenters. The number of fused-ring (bicyclic) bond motifs is 1. The molecule has 0 aromatic carbocycles. The van der Waals surface area contributed by atoms with E-state index in [-0.39, 0.29) is 11.9 Å². The Bertz CT molecular complexity index is 542. The van der Waals surface area contributed by atoms with E-state index in [4.69, 9.17) is 4.74 Å². The molecule has 0 aliphatic carbocycles. The normalized spacial score (nSPS) is 29.9. The third-order valence-corrected chi connectivity index (χ3v) is 4.98. The minimum absolute atomic E-state index is 0.121. The Morgan fingerprint density at radius 2 is 1.95 bits per heavy atom. The minimum Gasteiger partial charge on any atom is -0.378 e. The lowest BCUT2D eigenvalue weighted by Gasteiger charge is -2.37. The fraction of sp³-hybridized carbons (Fsp3) is 0.625. The van der Waals surface area contributed by atoms with E-state index in [2.05, 4.69) is 9.88 Å². The van der Waals surface area contributed by atoms with Crippen LogP contribution < -0.4 is 0 Å². The van der Waals surface area contributed by atoms with Crippen LogP contribution in [0.5, 0.6) is 0 Å². The van der Waals surface area contributed by atoms with Crippen molar-refractivity contribution < 1.29 is 9.53 Å². The molecule has 0 bridgehead atoms. The van der Waals surface area contributed by atoms with E-state index in [0.717, 1.165) is 31.0 Å². The largest absolute Gasteiger partial charge is 0.378 e. The highest BCUT2D eigenvalue weighted by molar-refractivity contribution is 5.98. The number of likely N-dealkylation sites (tertiary alicyclic amines) is 1. The molecule has 5 heteroatoms. The van der Waals surface area contributed by atoms with Gasteiger partial charge in [0.2, 0.25) is 0 Å². The fourth-order valence-electron chi connectivity index (χ4n) is 3.84. The van der Waals surface area contributed by atoms with Crippen molar-refractivity contribution in [2.24, 2.45) is 0 Å². The fourth-order valence-corrected chi connectivity index (χ4v) is 3.84. The summed E-state index contributed by atoms with van der Waals surface area (Å²) in [5, 5.41) is 0. The van der Waals surface area contributed by atoms with E-state index in [0.29, 0.717) is 19.2 Å². The molecule has 3 aliphatic rings. The standard InChI is InChI=1S/C16H21N3O2/c20-16-12-5-4-6-17-13(12)9-19(16)15-11-21-10-14(15)18-7-2-1-3-8-18/h4-6,14-15H,1-3,7-11H2/t14-,15-/m1/s1. The van der Waals surface area contributed by atoms with Crippen LogP contribution in [0.4, 0.5) is 0 Å². The van der Waals surface area contributed by atoms with Crippen molar-refractivity contribution in [2.75, 3.05) is 26.3 Å². The second-order valence-electron chi connectivity index (χ2n) is 6.20. The number of piperidine rings is 1. The summed E-state index contributed by atoms with van der Waals surface area (Å²) in [6.07, 6.45) is 5.62. The Morgan fingerprint density at radius 3 is 2.76 bits per heavy atom. The number of pyridine rings is 1. The summed E-state index contributed by atoms with van der Waals surface area (Å²) in [4.78, 5) is 21.5. The Balaban J connectivity index is 1.55. The molecule has 2 fully saturated rings. The first-order valence-electron chi connectivity index (χ1n) is 7.91. The molecule has 1 aromatic rings. The predicted octanol–water partition coefficient (Wildman–Crippen LogP) is 1.29. The molecule has 1 amide bonds. The van der Waals surface area contributed by atoms with E-state index in [1.165, 1.54) is 19.3 Å². The van der Waals surface area contributed by atoms with Crippen molar-refractivity contribution in [1.29, 1.82) is 0 Å². The summed E-state index contributed by atoms with van der Waals surface area (Å²) in [7, 11) is 0. The van der Waals surface area contributed by atoms with Gasteiger partial charge < -0.3 is 9.64 Å². The van der Waals surface area contributed by atoms with E-state index < -0.39 is 0 Å². The molecule has 0 N–H and O–H groups in total. The van der Waals surface area contributed by atoms with E-state index in [1.54, 1.807) is 6.20 Å². The Hall–Kier alpha value is -1.46. The van der Waals surface area contributed by atoms with Gasteiger partial charge in [0.1, 0.15) is 0 Å². The quantitative estimate of drug-likeness (QED) is 0.822. The molecule has 4 heterocycles. The van der Waals surface area contributed by atoms with Gasteiger partial charge in [-0.2, -0.15) is 0 Å². The third kappa shape index (κ3) is 2.24. The van der Waals surface area contributed by atoms with Crippen molar-refractivity contribution in [2.45, 2.75) is 37.9 Å². The zero-order chi connectivity index (χ0) is 14.2. The molecular weight excluding hydrogens is 266 g/mol. The van der Waals surface area contributed by atoms with Gasteiger partial charge in [0.15, 0.2) is 0 Å². The van der Waals surface area contributed by atoms with E-state index in [1.807, 2.05) is 17.0 Å². The van der Waals surface area contributed by atoms with Gasteiger partial charge in [0, 0.05) is 6.20 Å². The molecule has 21 heavy (non-hydrogen) atoms. The number of amides is 1. The molecule has 4 rings (SSSR count). The number of rotatable bonds is 2. The van der Waals surface area contributed by atoms with Crippen molar-refractivity contribution in [1.82, 2.24) is 14.8 Å². The first-order valence-corrected chi connectivity index (χ1v) is 7.91. The number of carbonyl (C=O) groups is 1. The van der Waals surface area contributed by atoms with Crippen LogP contribution in [0.15, 0.2) is 18.3 Å². The van der Waals surface area contributed by atoms with Crippen LogP contribution >= 0.6 is 0 Å². The second kappa shape index (κ2) is 5.39. The number of hydrogen-bond acceptors (Lipinski definition) is 4. The summed E-state index contributed by atoms with van der Waals surface area (Å²) < 4.78 is 5.73. The third-order valence-electron chi connectivity index (χ3n) is 4.98. The highest BCUT2D eigenvalue weighted by atomic mass is 16.5. The minimum atomic E-state index is 0.121. The smallest absolute Gasteiger partial charge is 0.256 e. The molecule has 0 spiro atoms. The Morgan fingerprint density at radius 1 is 1.14 bits per heavy atom. The molecule has 2 saturated heterocycles. The zero-order valence-corrected chi connectivity index (χ0v) is 12.2. The van der Waals surface area contributed by atoms with Gasteiger partial charge in [0.25, 0.3) is 5.91 Å². The van der Waals surface area contributed by atoms with Crippen molar-refractivity contribution in [3.8, 4) is 0 Å². The lowest BCUT2D eigenvalue weighted by molar-refractivity contribution is 0.0570. The SMILES string of the molecule is O=C1c2cccnc2CN1[C@@H]1COC[C@H]1N1CCCCC1. The summed E-state index contributed by atoms with van der Waals surface area (Å²) in [6.45, 7) is 4.31.